The maximum Gasteiger partial charge on any atom is 0.417 e. The van der Waals surface area contributed by atoms with Gasteiger partial charge in [0.25, 0.3) is 0 Å². The molecular weight excluding hydrogens is 356 g/mol. The van der Waals surface area contributed by atoms with Gasteiger partial charge in [-0.25, -0.2) is 13.2 Å². The number of fused-ring (bicyclic) bond motifs is 1. The molecule has 1 N–H and O–H groups in total. The molecule has 0 amide bonds. The van der Waals surface area contributed by atoms with Crippen molar-refractivity contribution in [3.05, 3.63) is 28.7 Å². The first-order valence-corrected chi connectivity index (χ1v) is 10.2. The lowest BCUT2D eigenvalue weighted by Crippen LogP contribution is -2.58. The average Bonchev–Trinajstić information content (AvgIpc) is 2.92. The van der Waals surface area contributed by atoms with Crippen LogP contribution >= 0.6 is 0 Å². The fourth-order valence-electron chi connectivity index (χ4n) is 3.50. The highest BCUT2D eigenvalue weighted by atomic mass is 32.2. The minimum atomic E-state index is -3.64. The largest absolute Gasteiger partial charge is 0.417 e. The van der Waals surface area contributed by atoms with E-state index in [4.69, 9.17) is 4.42 Å². The summed E-state index contributed by atoms with van der Waals surface area (Å²) < 4.78 is 32.7. The Labute approximate surface area is 153 Å². The number of aromatic amines is 1. The highest BCUT2D eigenvalue weighted by Crippen LogP contribution is 2.25. The third-order valence-electron chi connectivity index (χ3n) is 4.90. The maximum absolute atomic E-state index is 13.1. The van der Waals surface area contributed by atoms with Crippen LogP contribution in [0.15, 0.2) is 32.3 Å². The van der Waals surface area contributed by atoms with E-state index in [1.165, 1.54) is 16.4 Å². The average molecular weight is 382 g/mol. The molecule has 0 saturated carbocycles. The Kier molecular flexibility index (Phi) is 5.25. The fourth-order valence-corrected chi connectivity index (χ4v) is 5.11. The smallest absolute Gasteiger partial charge is 0.408 e. The molecule has 0 spiro atoms. The van der Waals surface area contributed by atoms with Gasteiger partial charge in [0.2, 0.25) is 10.0 Å². The van der Waals surface area contributed by atoms with Gasteiger partial charge < -0.3 is 9.32 Å². The number of oxazole rings is 1. The van der Waals surface area contributed by atoms with Crippen LogP contribution in [0.4, 0.5) is 0 Å². The first-order valence-electron chi connectivity index (χ1n) is 8.72. The lowest BCUT2D eigenvalue weighted by Gasteiger charge is -2.44. The number of benzene rings is 1. The lowest BCUT2D eigenvalue weighted by atomic mass is 10.1. The number of hydrogen-bond acceptors (Lipinski definition) is 6. The van der Waals surface area contributed by atoms with Crippen molar-refractivity contribution in [1.82, 2.24) is 19.1 Å². The van der Waals surface area contributed by atoms with E-state index in [-0.39, 0.29) is 22.6 Å². The molecule has 1 aromatic carbocycles. The second kappa shape index (κ2) is 7.15. The monoisotopic (exact) mass is 382 g/mol. The Morgan fingerprint density at radius 3 is 2.50 bits per heavy atom. The van der Waals surface area contributed by atoms with E-state index in [2.05, 4.69) is 28.6 Å². The van der Waals surface area contributed by atoms with Crippen LogP contribution < -0.4 is 5.76 Å². The van der Waals surface area contributed by atoms with Gasteiger partial charge in [-0.2, -0.15) is 4.31 Å². The predicted molar refractivity (Wildman–Crippen MR) is 99.8 cm³/mol. The molecule has 0 radical (unpaired) electrons. The summed E-state index contributed by atoms with van der Waals surface area (Å²) in [6.45, 7) is 6.84. The van der Waals surface area contributed by atoms with Gasteiger partial charge in [-0.15, -0.1) is 0 Å². The van der Waals surface area contributed by atoms with Gasteiger partial charge in [0.15, 0.2) is 5.58 Å². The molecule has 1 saturated heterocycles. The topological polar surface area (TPSA) is 89.9 Å². The second-order valence-electron chi connectivity index (χ2n) is 7.23. The molecule has 2 heterocycles. The van der Waals surface area contributed by atoms with E-state index in [0.29, 0.717) is 18.6 Å². The van der Waals surface area contributed by atoms with Crippen LogP contribution in [0.5, 0.6) is 0 Å². The van der Waals surface area contributed by atoms with Crippen LogP contribution in [0.25, 0.3) is 11.1 Å². The molecule has 2 unspecified atom stereocenters. The predicted octanol–water partition coefficient (Wildman–Crippen LogP) is 0.766. The van der Waals surface area contributed by atoms with Crippen molar-refractivity contribution in [2.75, 3.05) is 40.3 Å². The Morgan fingerprint density at radius 2 is 1.88 bits per heavy atom. The number of nitrogens with one attached hydrogen (secondary N) is 1. The quantitative estimate of drug-likeness (QED) is 0.821. The number of hydrogen-bond donors (Lipinski definition) is 1. The lowest BCUT2D eigenvalue weighted by molar-refractivity contribution is 0.0708. The molecule has 1 aliphatic rings. The third-order valence-corrected chi connectivity index (χ3v) is 6.73. The van der Waals surface area contributed by atoms with Crippen molar-refractivity contribution in [2.45, 2.75) is 30.8 Å². The second-order valence-corrected chi connectivity index (χ2v) is 9.17. The Hall–Kier alpha value is -1.68. The summed E-state index contributed by atoms with van der Waals surface area (Å²) in [4.78, 5) is 18.4. The van der Waals surface area contributed by atoms with Crippen LogP contribution in [0.1, 0.15) is 13.8 Å². The van der Waals surface area contributed by atoms with Gasteiger partial charge in [0, 0.05) is 44.3 Å². The van der Waals surface area contributed by atoms with Gasteiger partial charge in [0.05, 0.1) is 10.4 Å². The number of rotatable bonds is 5. The zero-order valence-corrected chi connectivity index (χ0v) is 16.4. The standard InChI is InChI=1S/C17H26N4O4S/c1-12-10-20(11-13(2)21(12)8-7-19(3)4)26(23,24)14-5-6-15-16(9-14)25-17(22)18-15/h5-6,9,12-13H,7-8,10-11H2,1-4H3,(H,18,22). The molecule has 2 aromatic rings. The van der Waals surface area contributed by atoms with Crippen molar-refractivity contribution in [2.24, 2.45) is 0 Å². The normalized spacial score (nSPS) is 23.1. The van der Waals surface area contributed by atoms with E-state index in [1.54, 1.807) is 6.07 Å². The van der Waals surface area contributed by atoms with Crippen molar-refractivity contribution in [3.63, 3.8) is 0 Å². The van der Waals surface area contributed by atoms with Crippen LogP contribution in [-0.2, 0) is 10.0 Å². The van der Waals surface area contributed by atoms with Gasteiger partial charge in [-0.3, -0.25) is 9.88 Å². The van der Waals surface area contributed by atoms with E-state index in [0.717, 1.165) is 13.1 Å². The molecule has 0 bridgehead atoms. The van der Waals surface area contributed by atoms with Crippen molar-refractivity contribution in [1.29, 1.82) is 0 Å². The molecule has 1 aliphatic heterocycles. The summed E-state index contributed by atoms with van der Waals surface area (Å²) in [6, 6.07) is 4.74. The minimum absolute atomic E-state index is 0.127. The highest BCUT2D eigenvalue weighted by molar-refractivity contribution is 7.89. The summed E-state index contributed by atoms with van der Waals surface area (Å²) in [5.74, 6) is -0.591. The SMILES string of the molecule is CC1CN(S(=O)(=O)c2ccc3[nH]c(=O)oc3c2)CC(C)N1CCN(C)C. The summed E-state index contributed by atoms with van der Waals surface area (Å²) in [5.41, 5.74) is 0.742. The van der Waals surface area contributed by atoms with E-state index >= 15 is 0 Å². The highest BCUT2D eigenvalue weighted by Gasteiger charge is 2.36. The van der Waals surface area contributed by atoms with Crippen molar-refractivity contribution in [3.8, 4) is 0 Å². The van der Waals surface area contributed by atoms with Crippen LogP contribution in [0.2, 0.25) is 0 Å². The summed E-state index contributed by atoms with van der Waals surface area (Å²) in [6.07, 6.45) is 0. The zero-order valence-electron chi connectivity index (χ0n) is 15.6. The number of piperazine rings is 1. The number of aromatic nitrogens is 1. The molecule has 2 atom stereocenters. The van der Waals surface area contributed by atoms with Crippen molar-refractivity contribution < 1.29 is 12.8 Å². The van der Waals surface area contributed by atoms with Crippen LogP contribution in [-0.4, -0.2) is 79.9 Å². The van der Waals surface area contributed by atoms with Gasteiger partial charge in [-0.1, -0.05) is 0 Å². The van der Waals surface area contributed by atoms with Gasteiger partial charge >= 0.3 is 5.76 Å². The Bertz CT molecular complexity index is 922. The molecule has 26 heavy (non-hydrogen) atoms. The first kappa shape index (κ1) is 19.1. The van der Waals surface area contributed by atoms with Crippen LogP contribution in [0, 0.1) is 0 Å². The van der Waals surface area contributed by atoms with E-state index in [1.807, 2.05) is 14.1 Å². The molecule has 8 nitrogen and oxygen atoms in total. The number of likely N-dealkylation sites (N-methyl/N-ethyl adjacent to an activating group) is 1. The third kappa shape index (κ3) is 3.71. The molecular formula is C17H26N4O4S. The van der Waals surface area contributed by atoms with Gasteiger partial charge in [0.1, 0.15) is 0 Å². The number of sulfonamides is 1. The molecule has 3 rings (SSSR count). The molecule has 0 aliphatic carbocycles. The van der Waals surface area contributed by atoms with Gasteiger partial charge in [-0.05, 0) is 40.1 Å². The van der Waals surface area contributed by atoms with E-state index in [9.17, 15) is 13.2 Å². The number of nitrogens with zero attached hydrogens (tertiary/aromatic N) is 3. The minimum Gasteiger partial charge on any atom is -0.408 e. The molecule has 144 valence electrons. The fraction of sp³-hybridized carbons (Fsp3) is 0.588. The molecule has 1 fully saturated rings. The van der Waals surface area contributed by atoms with Crippen molar-refractivity contribution >= 4 is 21.1 Å². The Morgan fingerprint density at radius 1 is 1.23 bits per heavy atom. The Balaban J connectivity index is 1.82. The molecule has 9 heteroatoms. The summed E-state index contributed by atoms with van der Waals surface area (Å²) >= 11 is 0. The number of H-pyrrole nitrogens is 1. The maximum atomic E-state index is 13.1. The van der Waals surface area contributed by atoms with Crippen LogP contribution in [0.3, 0.4) is 0 Å². The summed E-state index contributed by atoms with van der Waals surface area (Å²) in [7, 11) is 0.422. The first-order chi connectivity index (χ1) is 12.2. The van der Waals surface area contributed by atoms with E-state index < -0.39 is 15.8 Å². The molecule has 1 aromatic heterocycles. The summed E-state index contributed by atoms with van der Waals surface area (Å²) in [5, 5.41) is 0. The zero-order chi connectivity index (χ0) is 19.1.